The van der Waals surface area contributed by atoms with Crippen molar-refractivity contribution in [1.29, 1.82) is 0 Å². The SMILES string of the molecule is COCSc1nnc(C2CC2)s1. The largest absolute Gasteiger partial charge is 0.374 e. The number of ether oxygens (including phenoxy) is 1. The van der Waals surface area contributed by atoms with Crippen molar-refractivity contribution in [1.82, 2.24) is 10.2 Å². The molecule has 1 aromatic heterocycles. The van der Waals surface area contributed by atoms with E-state index in [9.17, 15) is 0 Å². The van der Waals surface area contributed by atoms with E-state index in [1.165, 1.54) is 17.8 Å². The highest BCUT2D eigenvalue weighted by Gasteiger charge is 2.27. The molecule has 12 heavy (non-hydrogen) atoms. The highest BCUT2D eigenvalue weighted by atomic mass is 32.2. The van der Waals surface area contributed by atoms with Crippen LogP contribution in [-0.4, -0.2) is 23.2 Å². The molecule has 1 aliphatic rings. The monoisotopic (exact) mass is 202 g/mol. The number of methoxy groups -OCH3 is 1. The number of hydrogen-bond donors (Lipinski definition) is 0. The smallest absolute Gasteiger partial charge is 0.176 e. The molecule has 5 heteroatoms. The van der Waals surface area contributed by atoms with Gasteiger partial charge in [0, 0.05) is 13.0 Å². The third-order valence-corrected chi connectivity index (χ3v) is 3.82. The Bertz CT molecular complexity index is 260. The summed E-state index contributed by atoms with van der Waals surface area (Å²) in [5.74, 6) is 1.39. The Balaban J connectivity index is 1.93. The fraction of sp³-hybridized carbons (Fsp3) is 0.714. The van der Waals surface area contributed by atoms with E-state index < -0.39 is 0 Å². The maximum absolute atomic E-state index is 4.93. The molecule has 0 spiro atoms. The Morgan fingerprint density at radius 2 is 2.42 bits per heavy atom. The van der Waals surface area contributed by atoms with E-state index >= 15 is 0 Å². The molecule has 66 valence electrons. The topological polar surface area (TPSA) is 35.0 Å². The standard InChI is InChI=1S/C7H10N2OS2/c1-10-4-11-7-9-8-6(12-7)5-2-3-5/h5H,2-4H2,1H3. The molecule has 0 saturated heterocycles. The Kier molecular flexibility index (Phi) is 2.63. The normalized spacial score (nSPS) is 16.8. The molecule has 1 saturated carbocycles. The zero-order valence-electron chi connectivity index (χ0n) is 6.82. The molecule has 1 aromatic rings. The van der Waals surface area contributed by atoms with Gasteiger partial charge >= 0.3 is 0 Å². The molecule has 1 aliphatic carbocycles. The number of aromatic nitrogens is 2. The van der Waals surface area contributed by atoms with E-state index in [0.29, 0.717) is 5.94 Å². The maximum atomic E-state index is 4.93. The average Bonchev–Trinajstić information content (AvgIpc) is 2.83. The van der Waals surface area contributed by atoms with Gasteiger partial charge in [0.05, 0.1) is 5.94 Å². The third-order valence-electron chi connectivity index (χ3n) is 1.65. The van der Waals surface area contributed by atoms with Crippen LogP contribution in [0.2, 0.25) is 0 Å². The van der Waals surface area contributed by atoms with Crippen molar-refractivity contribution in [3.05, 3.63) is 5.01 Å². The first-order chi connectivity index (χ1) is 5.90. The molecular weight excluding hydrogens is 192 g/mol. The number of hydrogen-bond acceptors (Lipinski definition) is 5. The number of thioether (sulfide) groups is 1. The molecule has 0 N–H and O–H groups in total. The zero-order valence-corrected chi connectivity index (χ0v) is 8.45. The summed E-state index contributed by atoms with van der Waals surface area (Å²) in [5.41, 5.74) is 0. The number of nitrogens with zero attached hydrogens (tertiary/aromatic N) is 2. The van der Waals surface area contributed by atoms with E-state index in [-0.39, 0.29) is 0 Å². The van der Waals surface area contributed by atoms with Crippen LogP contribution in [0.4, 0.5) is 0 Å². The van der Waals surface area contributed by atoms with Gasteiger partial charge in [-0.25, -0.2) is 0 Å². The van der Waals surface area contributed by atoms with Crippen molar-refractivity contribution in [2.45, 2.75) is 23.1 Å². The first-order valence-corrected chi connectivity index (χ1v) is 5.65. The molecular formula is C7H10N2OS2. The highest BCUT2D eigenvalue weighted by molar-refractivity contribution is 8.00. The second-order valence-corrected chi connectivity index (χ2v) is 4.91. The van der Waals surface area contributed by atoms with Gasteiger partial charge in [0.1, 0.15) is 5.01 Å². The third kappa shape index (κ3) is 1.97. The lowest BCUT2D eigenvalue weighted by Crippen LogP contribution is -1.80. The van der Waals surface area contributed by atoms with E-state index in [1.54, 1.807) is 30.2 Å². The molecule has 0 radical (unpaired) electrons. The van der Waals surface area contributed by atoms with Gasteiger partial charge in [-0.1, -0.05) is 23.1 Å². The van der Waals surface area contributed by atoms with Crippen molar-refractivity contribution in [2.24, 2.45) is 0 Å². The predicted octanol–water partition coefficient (Wildman–Crippen LogP) is 2.11. The highest BCUT2D eigenvalue weighted by Crippen LogP contribution is 2.42. The van der Waals surface area contributed by atoms with Crippen LogP contribution in [0.3, 0.4) is 0 Å². The molecule has 0 aliphatic heterocycles. The fourth-order valence-corrected chi connectivity index (χ4v) is 2.58. The van der Waals surface area contributed by atoms with Gasteiger partial charge in [0.2, 0.25) is 0 Å². The van der Waals surface area contributed by atoms with Crippen LogP contribution in [-0.2, 0) is 4.74 Å². The van der Waals surface area contributed by atoms with Crippen molar-refractivity contribution in [3.8, 4) is 0 Å². The minimum absolute atomic E-state index is 0.666. The van der Waals surface area contributed by atoms with Gasteiger partial charge in [0.25, 0.3) is 0 Å². The summed E-state index contributed by atoms with van der Waals surface area (Å²) in [6, 6.07) is 0. The maximum Gasteiger partial charge on any atom is 0.176 e. The van der Waals surface area contributed by atoms with Gasteiger partial charge < -0.3 is 4.74 Å². The summed E-state index contributed by atoms with van der Waals surface area (Å²) in [5, 5.41) is 9.39. The molecule has 0 aromatic carbocycles. The molecule has 0 bridgehead atoms. The first-order valence-electron chi connectivity index (χ1n) is 3.85. The van der Waals surface area contributed by atoms with Gasteiger partial charge in [-0.2, -0.15) is 0 Å². The summed E-state index contributed by atoms with van der Waals surface area (Å²) in [6.07, 6.45) is 2.59. The van der Waals surface area contributed by atoms with Gasteiger partial charge in [-0.15, -0.1) is 10.2 Å². The quantitative estimate of drug-likeness (QED) is 0.553. The lowest BCUT2D eigenvalue weighted by atomic mass is 10.5. The summed E-state index contributed by atoms with van der Waals surface area (Å²) in [7, 11) is 1.69. The Morgan fingerprint density at radius 1 is 1.58 bits per heavy atom. The van der Waals surface area contributed by atoms with Crippen LogP contribution < -0.4 is 0 Å². The zero-order chi connectivity index (χ0) is 8.39. The summed E-state index contributed by atoms with van der Waals surface area (Å²) < 4.78 is 5.96. The summed E-state index contributed by atoms with van der Waals surface area (Å²) in [4.78, 5) is 0. The van der Waals surface area contributed by atoms with E-state index in [1.807, 2.05) is 0 Å². The van der Waals surface area contributed by atoms with Gasteiger partial charge in [0.15, 0.2) is 4.34 Å². The second kappa shape index (κ2) is 3.72. The molecule has 0 atom stereocenters. The Morgan fingerprint density at radius 3 is 3.08 bits per heavy atom. The van der Waals surface area contributed by atoms with Crippen LogP contribution in [0.15, 0.2) is 4.34 Å². The van der Waals surface area contributed by atoms with Crippen molar-refractivity contribution >= 4 is 23.1 Å². The minimum atomic E-state index is 0.666. The second-order valence-electron chi connectivity index (χ2n) is 2.73. The molecule has 1 fully saturated rings. The van der Waals surface area contributed by atoms with Crippen LogP contribution in [0.1, 0.15) is 23.8 Å². The number of rotatable bonds is 4. The Hall–Kier alpha value is -0.130. The van der Waals surface area contributed by atoms with Crippen LogP contribution in [0.25, 0.3) is 0 Å². The molecule has 1 heterocycles. The summed E-state index contributed by atoms with van der Waals surface area (Å²) >= 11 is 3.31. The molecule has 0 amide bonds. The van der Waals surface area contributed by atoms with Gasteiger partial charge in [-0.3, -0.25) is 0 Å². The lowest BCUT2D eigenvalue weighted by Gasteiger charge is -1.90. The van der Waals surface area contributed by atoms with Crippen LogP contribution >= 0.6 is 23.1 Å². The van der Waals surface area contributed by atoms with Crippen molar-refractivity contribution in [3.63, 3.8) is 0 Å². The lowest BCUT2D eigenvalue weighted by molar-refractivity contribution is 0.259. The van der Waals surface area contributed by atoms with E-state index in [0.717, 1.165) is 10.3 Å². The molecule has 2 rings (SSSR count). The fourth-order valence-electron chi connectivity index (χ4n) is 0.883. The molecule has 3 nitrogen and oxygen atoms in total. The van der Waals surface area contributed by atoms with Crippen LogP contribution in [0, 0.1) is 0 Å². The van der Waals surface area contributed by atoms with Crippen molar-refractivity contribution < 1.29 is 4.74 Å². The van der Waals surface area contributed by atoms with E-state index in [2.05, 4.69) is 10.2 Å². The Labute approximate surface area is 79.5 Å². The first kappa shape index (κ1) is 8.47. The van der Waals surface area contributed by atoms with Crippen LogP contribution in [0.5, 0.6) is 0 Å². The van der Waals surface area contributed by atoms with Crippen molar-refractivity contribution in [2.75, 3.05) is 13.0 Å². The predicted molar refractivity (Wildman–Crippen MR) is 49.6 cm³/mol. The molecule has 0 unspecified atom stereocenters. The average molecular weight is 202 g/mol. The minimum Gasteiger partial charge on any atom is -0.374 e. The van der Waals surface area contributed by atoms with E-state index in [4.69, 9.17) is 4.74 Å². The van der Waals surface area contributed by atoms with Gasteiger partial charge in [-0.05, 0) is 12.8 Å². The summed E-state index contributed by atoms with van der Waals surface area (Å²) in [6.45, 7) is 0.